The van der Waals surface area contributed by atoms with Crippen LogP contribution in [0.2, 0.25) is 0 Å². The molecule has 1 aliphatic heterocycles. The Hall–Kier alpha value is -3.87. The van der Waals surface area contributed by atoms with Gasteiger partial charge in [0.1, 0.15) is 17.2 Å². The summed E-state index contributed by atoms with van der Waals surface area (Å²) >= 11 is 0. The van der Waals surface area contributed by atoms with E-state index in [4.69, 9.17) is 9.15 Å². The van der Waals surface area contributed by atoms with Gasteiger partial charge in [0.15, 0.2) is 0 Å². The lowest BCUT2D eigenvalue weighted by atomic mass is 9.90. The van der Waals surface area contributed by atoms with Gasteiger partial charge in [-0.2, -0.15) is 0 Å². The van der Waals surface area contributed by atoms with Crippen molar-refractivity contribution in [1.29, 1.82) is 0 Å². The number of amides is 1. The lowest BCUT2D eigenvalue weighted by Gasteiger charge is -2.41. The van der Waals surface area contributed by atoms with Crippen molar-refractivity contribution in [3.8, 4) is 5.75 Å². The second kappa shape index (κ2) is 9.17. The molecule has 4 aromatic rings. The molecule has 3 aromatic carbocycles. The number of carbonyl (C=O) groups excluding carboxylic acids is 1. The highest BCUT2D eigenvalue weighted by Gasteiger charge is 2.51. The Morgan fingerprint density at radius 2 is 1.71 bits per heavy atom. The van der Waals surface area contributed by atoms with Gasteiger partial charge < -0.3 is 19.2 Å². The molecule has 2 heterocycles. The van der Waals surface area contributed by atoms with Gasteiger partial charge in [0.2, 0.25) is 0 Å². The summed E-state index contributed by atoms with van der Waals surface area (Å²) in [5, 5.41) is 14.6. The summed E-state index contributed by atoms with van der Waals surface area (Å²) in [6, 6.07) is 28.5. The maximum atomic E-state index is 13.7. The molecular weight excluding hydrogens is 428 g/mol. The largest absolute Gasteiger partial charge is 0.497 e. The number of ether oxygens (including phenoxy) is 1. The van der Waals surface area contributed by atoms with Crippen LogP contribution in [0, 0.1) is 0 Å². The lowest BCUT2D eigenvalue weighted by Crippen LogP contribution is -2.55. The van der Waals surface area contributed by atoms with Crippen LogP contribution >= 0.6 is 0 Å². The van der Waals surface area contributed by atoms with Gasteiger partial charge in [-0.1, -0.05) is 60.7 Å². The minimum Gasteiger partial charge on any atom is -0.497 e. The number of furan rings is 1. The summed E-state index contributed by atoms with van der Waals surface area (Å²) in [6.07, 6.45) is 0.813. The molecule has 0 saturated carbocycles. The van der Waals surface area contributed by atoms with Crippen LogP contribution in [-0.2, 0) is 12.2 Å². The predicted octanol–water partition coefficient (Wildman–Crippen LogP) is 4.47. The Bertz CT molecular complexity index is 1260. The second-order valence-electron chi connectivity index (χ2n) is 8.26. The molecule has 0 spiro atoms. The van der Waals surface area contributed by atoms with E-state index in [1.165, 1.54) is 0 Å². The highest BCUT2D eigenvalue weighted by molar-refractivity contribution is 6.00. The molecule has 0 aliphatic carbocycles. The first-order chi connectivity index (χ1) is 16.6. The Balaban J connectivity index is 1.57. The number of methoxy groups -OCH3 is 1. The van der Waals surface area contributed by atoms with E-state index in [1.807, 2.05) is 91.0 Å². The van der Waals surface area contributed by atoms with E-state index in [0.717, 1.165) is 22.4 Å². The third-order valence-electron chi connectivity index (χ3n) is 6.33. The first-order valence-electron chi connectivity index (χ1n) is 11.2. The number of fused-ring (bicyclic) bond motifs is 1. The normalized spacial score (nSPS) is 18.1. The van der Waals surface area contributed by atoms with Crippen LogP contribution in [0.4, 0.5) is 0 Å². The van der Waals surface area contributed by atoms with E-state index in [0.29, 0.717) is 11.3 Å². The number of aliphatic hydroxyl groups excluding tert-OH is 1. The molecule has 34 heavy (non-hydrogen) atoms. The fourth-order valence-electron chi connectivity index (χ4n) is 4.65. The molecule has 0 saturated heterocycles. The van der Waals surface area contributed by atoms with Crippen molar-refractivity contribution in [1.82, 2.24) is 10.2 Å². The molecule has 1 amide bonds. The predicted molar refractivity (Wildman–Crippen MR) is 128 cm³/mol. The van der Waals surface area contributed by atoms with Crippen molar-refractivity contribution in [3.05, 3.63) is 125 Å². The van der Waals surface area contributed by atoms with Crippen LogP contribution in [0.5, 0.6) is 5.75 Å². The van der Waals surface area contributed by atoms with Gasteiger partial charge in [-0.15, -0.1) is 0 Å². The topological polar surface area (TPSA) is 74.9 Å². The monoisotopic (exact) mass is 454 g/mol. The van der Waals surface area contributed by atoms with Crippen LogP contribution < -0.4 is 10.1 Å². The summed E-state index contributed by atoms with van der Waals surface area (Å²) < 4.78 is 10.8. The molecule has 6 nitrogen and oxygen atoms in total. The number of rotatable bonds is 8. The SMILES string of the molecule is COc1ccc(C(O)CNC2(c3ccccc3)c3ccccc3C(=O)N2Cc2ccco2)cc1. The van der Waals surface area contributed by atoms with Crippen LogP contribution in [0.15, 0.2) is 102 Å². The standard InChI is InChI=1S/C28H26N2O4/c1-33-22-15-13-20(14-16-22)26(31)18-29-28(21-8-3-2-4-9-21)25-12-6-5-11-24(25)27(32)30(28)19-23-10-7-17-34-23/h2-17,26,29,31H,18-19H2,1H3. The van der Waals surface area contributed by atoms with Crippen LogP contribution in [-0.4, -0.2) is 29.6 Å². The van der Waals surface area contributed by atoms with Crippen molar-refractivity contribution < 1.29 is 19.1 Å². The van der Waals surface area contributed by atoms with Crippen molar-refractivity contribution in [2.75, 3.05) is 13.7 Å². The molecule has 2 unspecified atom stereocenters. The van der Waals surface area contributed by atoms with Gasteiger partial charge >= 0.3 is 0 Å². The Morgan fingerprint density at radius 1 is 0.971 bits per heavy atom. The van der Waals surface area contributed by atoms with Gasteiger partial charge in [0, 0.05) is 17.7 Å². The Morgan fingerprint density at radius 3 is 2.41 bits per heavy atom. The molecule has 1 aromatic heterocycles. The fourth-order valence-corrected chi connectivity index (χ4v) is 4.65. The molecule has 5 rings (SSSR count). The van der Waals surface area contributed by atoms with E-state index in [1.54, 1.807) is 18.3 Å². The zero-order chi connectivity index (χ0) is 23.5. The summed E-state index contributed by atoms with van der Waals surface area (Å²) in [5.41, 5.74) is 2.16. The third-order valence-corrected chi connectivity index (χ3v) is 6.33. The molecule has 0 bridgehead atoms. The van der Waals surface area contributed by atoms with Crippen LogP contribution in [0.1, 0.15) is 38.9 Å². The molecule has 2 atom stereocenters. The average molecular weight is 455 g/mol. The molecule has 0 fully saturated rings. The van der Waals surface area contributed by atoms with Crippen LogP contribution in [0.25, 0.3) is 0 Å². The summed E-state index contributed by atoms with van der Waals surface area (Å²) in [4.78, 5) is 15.4. The first-order valence-corrected chi connectivity index (χ1v) is 11.2. The Kier molecular flexibility index (Phi) is 5.92. The molecule has 0 radical (unpaired) electrons. The van der Waals surface area contributed by atoms with Crippen molar-refractivity contribution >= 4 is 5.91 Å². The fraction of sp³-hybridized carbons (Fsp3) is 0.179. The number of carbonyl (C=O) groups is 1. The second-order valence-corrected chi connectivity index (χ2v) is 8.26. The van der Waals surface area contributed by atoms with Crippen molar-refractivity contribution in [3.63, 3.8) is 0 Å². The highest BCUT2D eigenvalue weighted by Crippen LogP contribution is 2.43. The number of aliphatic hydroxyl groups is 1. The number of hydrogen-bond donors (Lipinski definition) is 2. The van der Waals surface area contributed by atoms with Gasteiger partial charge in [-0.3, -0.25) is 10.1 Å². The van der Waals surface area contributed by atoms with Gasteiger partial charge in [0.25, 0.3) is 5.91 Å². The molecule has 172 valence electrons. The number of hydrogen-bond acceptors (Lipinski definition) is 5. The van der Waals surface area contributed by atoms with E-state index >= 15 is 0 Å². The van der Waals surface area contributed by atoms with Crippen molar-refractivity contribution in [2.45, 2.75) is 18.3 Å². The smallest absolute Gasteiger partial charge is 0.256 e. The van der Waals surface area contributed by atoms with Gasteiger partial charge in [-0.25, -0.2) is 0 Å². The van der Waals surface area contributed by atoms with E-state index in [2.05, 4.69) is 5.32 Å². The summed E-state index contributed by atoms with van der Waals surface area (Å²) in [7, 11) is 1.61. The molecular formula is C28H26N2O4. The number of nitrogens with zero attached hydrogens (tertiary/aromatic N) is 1. The summed E-state index contributed by atoms with van der Waals surface area (Å²) in [5.74, 6) is 1.31. The molecule has 2 N–H and O–H groups in total. The molecule has 6 heteroatoms. The average Bonchev–Trinajstić information content (AvgIpc) is 3.49. The Labute approximate surface area is 198 Å². The van der Waals surface area contributed by atoms with E-state index in [-0.39, 0.29) is 19.0 Å². The highest BCUT2D eigenvalue weighted by atomic mass is 16.5. The molecule has 1 aliphatic rings. The summed E-state index contributed by atoms with van der Waals surface area (Å²) in [6.45, 7) is 0.499. The van der Waals surface area contributed by atoms with E-state index in [9.17, 15) is 9.90 Å². The zero-order valence-electron chi connectivity index (χ0n) is 18.8. The van der Waals surface area contributed by atoms with Gasteiger partial charge in [0.05, 0.1) is 26.0 Å². The minimum absolute atomic E-state index is 0.0951. The van der Waals surface area contributed by atoms with Crippen molar-refractivity contribution in [2.24, 2.45) is 0 Å². The third kappa shape index (κ3) is 3.77. The zero-order valence-corrected chi connectivity index (χ0v) is 18.8. The van der Waals surface area contributed by atoms with Gasteiger partial charge in [-0.05, 0) is 41.5 Å². The minimum atomic E-state index is -0.977. The lowest BCUT2D eigenvalue weighted by molar-refractivity contribution is 0.0448. The maximum absolute atomic E-state index is 13.7. The quantitative estimate of drug-likeness (QED) is 0.411. The van der Waals surface area contributed by atoms with Crippen LogP contribution in [0.3, 0.4) is 0 Å². The number of nitrogens with one attached hydrogen (secondary N) is 1. The first kappa shape index (κ1) is 21.9. The maximum Gasteiger partial charge on any atom is 0.256 e. The van der Waals surface area contributed by atoms with E-state index < -0.39 is 11.8 Å². The number of benzene rings is 3.